The maximum absolute atomic E-state index is 12.6. The maximum Gasteiger partial charge on any atom is 0.225 e. The predicted octanol–water partition coefficient (Wildman–Crippen LogP) is 3.30. The van der Waals surface area contributed by atoms with E-state index in [1.165, 1.54) is 38.5 Å². The number of rotatable bonds is 8. The first-order valence-corrected chi connectivity index (χ1v) is 11.2. The number of amides is 1. The fourth-order valence-electron chi connectivity index (χ4n) is 4.58. The van der Waals surface area contributed by atoms with Gasteiger partial charge in [0.05, 0.1) is 6.10 Å². The van der Waals surface area contributed by atoms with Crippen LogP contribution in [0.2, 0.25) is 0 Å². The molecule has 1 heterocycles. The van der Waals surface area contributed by atoms with Crippen LogP contribution in [0.1, 0.15) is 71.1 Å². The third-order valence-electron chi connectivity index (χ3n) is 6.12. The van der Waals surface area contributed by atoms with E-state index < -0.39 is 0 Å². The van der Waals surface area contributed by atoms with E-state index in [1.54, 1.807) is 0 Å². The molecule has 2 saturated carbocycles. The van der Waals surface area contributed by atoms with Crippen LogP contribution in [0.3, 0.4) is 0 Å². The van der Waals surface area contributed by atoms with Gasteiger partial charge in [0, 0.05) is 44.7 Å². The Morgan fingerprint density at radius 3 is 2.54 bits per heavy atom. The van der Waals surface area contributed by atoms with Crippen LogP contribution >= 0.6 is 24.0 Å². The van der Waals surface area contributed by atoms with E-state index >= 15 is 0 Å². The lowest BCUT2D eigenvalue weighted by molar-refractivity contribution is -0.134. The SMILES string of the molecule is CCNC(=NCCCOC1CCCC1)NC1CCN(C(=O)C2CCCC2)C1.I. The molecule has 3 fully saturated rings. The Hall–Kier alpha value is -0.570. The lowest BCUT2D eigenvalue weighted by Gasteiger charge is -2.21. The highest BCUT2D eigenvalue weighted by atomic mass is 127. The van der Waals surface area contributed by atoms with E-state index in [0.29, 0.717) is 18.1 Å². The molecule has 0 aromatic rings. The van der Waals surface area contributed by atoms with Crippen molar-refractivity contribution in [1.29, 1.82) is 0 Å². The van der Waals surface area contributed by atoms with Crippen LogP contribution < -0.4 is 10.6 Å². The minimum atomic E-state index is 0. The van der Waals surface area contributed by atoms with Crippen LogP contribution in [0.15, 0.2) is 4.99 Å². The van der Waals surface area contributed by atoms with Gasteiger partial charge in [0.2, 0.25) is 5.91 Å². The lowest BCUT2D eigenvalue weighted by Crippen LogP contribution is -2.45. The van der Waals surface area contributed by atoms with Gasteiger partial charge in [0.25, 0.3) is 0 Å². The molecule has 2 aliphatic carbocycles. The molecule has 0 spiro atoms. The first-order valence-electron chi connectivity index (χ1n) is 11.2. The number of hydrogen-bond acceptors (Lipinski definition) is 3. The Bertz CT molecular complexity index is 491. The van der Waals surface area contributed by atoms with E-state index in [1.807, 2.05) is 0 Å². The van der Waals surface area contributed by atoms with Gasteiger partial charge in [-0.05, 0) is 45.4 Å². The normalized spacial score (nSPS) is 23.8. The van der Waals surface area contributed by atoms with Crippen LogP contribution in [0, 0.1) is 5.92 Å². The number of likely N-dealkylation sites (tertiary alicyclic amines) is 1. The second kappa shape index (κ2) is 12.9. The smallest absolute Gasteiger partial charge is 0.225 e. The summed E-state index contributed by atoms with van der Waals surface area (Å²) < 4.78 is 5.91. The summed E-state index contributed by atoms with van der Waals surface area (Å²) in [5.41, 5.74) is 0. The molecule has 1 saturated heterocycles. The fraction of sp³-hybridized carbons (Fsp3) is 0.905. The highest BCUT2D eigenvalue weighted by Gasteiger charge is 2.32. The minimum Gasteiger partial charge on any atom is -0.378 e. The van der Waals surface area contributed by atoms with Crippen molar-refractivity contribution in [3.8, 4) is 0 Å². The molecule has 2 N–H and O–H groups in total. The van der Waals surface area contributed by atoms with Crippen LogP contribution in [0.5, 0.6) is 0 Å². The zero-order chi connectivity index (χ0) is 18.9. The molecule has 0 bridgehead atoms. The number of carbonyl (C=O) groups excluding carboxylic acids is 1. The van der Waals surface area contributed by atoms with Gasteiger partial charge >= 0.3 is 0 Å². The largest absolute Gasteiger partial charge is 0.378 e. The van der Waals surface area contributed by atoms with Gasteiger partial charge < -0.3 is 20.3 Å². The molecule has 0 radical (unpaired) electrons. The Morgan fingerprint density at radius 2 is 1.82 bits per heavy atom. The average molecular weight is 506 g/mol. The number of carbonyl (C=O) groups is 1. The lowest BCUT2D eigenvalue weighted by atomic mass is 10.1. The molecule has 1 unspecified atom stereocenters. The Balaban J connectivity index is 0.00000280. The topological polar surface area (TPSA) is 66.0 Å². The molecule has 0 aromatic carbocycles. The molecule has 1 atom stereocenters. The Labute approximate surface area is 187 Å². The molecule has 1 amide bonds. The number of halogens is 1. The van der Waals surface area contributed by atoms with Gasteiger partial charge in [-0.15, -0.1) is 24.0 Å². The van der Waals surface area contributed by atoms with Gasteiger partial charge in [-0.1, -0.05) is 25.7 Å². The Morgan fingerprint density at radius 1 is 1.11 bits per heavy atom. The van der Waals surface area contributed by atoms with Crippen molar-refractivity contribution >= 4 is 35.8 Å². The zero-order valence-corrected chi connectivity index (χ0v) is 19.8. The summed E-state index contributed by atoms with van der Waals surface area (Å²) in [5, 5.41) is 6.86. The molecule has 28 heavy (non-hydrogen) atoms. The van der Waals surface area contributed by atoms with Crippen LogP contribution in [0.25, 0.3) is 0 Å². The first-order chi connectivity index (χ1) is 13.3. The van der Waals surface area contributed by atoms with Crippen molar-refractivity contribution in [1.82, 2.24) is 15.5 Å². The van der Waals surface area contributed by atoms with Crippen molar-refractivity contribution in [2.45, 2.75) is 83.3 Å². The molecule has 0 aromatic heterocycles. The number of aliphatic imine (C=N–C) groups is 1. The quantitative estimate of drug-likeness (QED) is 0.230. The van der Waals surface area contributed by atoms with Gasteiger partial charge in [-0.3, -0.25) is 9.79 Å². The second-order valence-electron chi connectivity index (χ2n) is 8.29. The Kier molecular flexibility index (Phi) is 10.9. The van der Waals surface area contributed by atoms with E-state index in [4.69, 9.17) is 9.73 Å². The van der Waals surface area contributed by atoms with E-state index in [9.17, 15) is 4.79 Å². The second-order valence-corrected chi connectivity index (χ2v) is 8.29. The molecule has 1 aliphatic heterocycles. The molecular weight excluding hydrogens is 467 g/mol. The van der Waals surface area contributed by atoms with E-state index in [0.717, 1.165) is 64.4 Å². The molecular formula is C21H39IN4O2. The summed E-state index contributed by atoms with van der Waals surface area (Å²) in [7, 11) is 0. The van der Waals surface area contributed by atoms with Crippen molar-refractivity contribution in [2.75, 3.05) is 32.8 Å². The van der Waals surface area contributed by atoms with Crippen LogP contribution in [-0.4, -0.2) is 61.7 Å². The van der Waals surface area contributed by atoms with Gasteiger partial charge in [-0.2, -0.15) is 0 Å². The molecule has 7 heteroatoms. The van der Waals surface area contributed by atoms with Gasteiger partial charge in [0.15, 0.2) is 5.96 Å². The molecule has 3 aliphatic rings. The monoisotopic (exact) mass is 506 g/mol. The van der Waals surface area contributed by atoms with Gasteiger partial charge in [0.1, 0.15) is 0 Å². The van der Waals surface area contributed by atoms with E-state index in [-0.39, 0.29) is 29.9 Å². The third kappa shape index (κ3) is 7.35. The van der Waals surface area contributed by atoms with Crippen molar-refractivity contribution in [3.05, 3.63) is 0 Å². The number of ether oxygens (including phenoxy) is 1. The maximum atomic E-state index is 12.6. The number of nitrogens with zero attached hydrogens (tertiary/aromatic N) is 2. The summed E-state index contributed by atoms with van der Waals surface area (Å²) in [5.74, 6) is 1.53. The molecule has 6 nitrogen and oxygen atoms in total. The van der Waals surface area contributed by atoms with Crippen LogP contribution in [0.4, 0.5) is 0 Å². The number of hydrogen-bond donors (Lipinski definition) is 2. The highest BCUT2D eigenvalue weighted by Crippen LogP contribution is 2.27. The first kappa shape index (κ1) is 23.7. The molecule has 162 valence electrons. The summed E-state index contributed by atoms with van der Waals surface area (Å²) in [4.78, 5) is 19.4. The predicted molar refractivity (Wildman–Crippen MR) is 124 cm³/mol. The van der Waals surface area contributed by atoms with Gasteiger partial charge in [-0.25, -0.2) is 0 Å². The summed E-state index contributed by atoms with van der Waals surface area (Å²) in [6, 6.07) is 0.308. The zero-order valence-electron chi connectivity index (χ0n) is 17.5. The van der Waals surface area contributed by atoms with Crippen molar-refractivity contribution < 1.29 is 9.53 Å². The average Bonchev–Trinajstić information content (AvgIpc) is 3.43. The summed E-state index contributed by atoms with van der Waals surface area (Å²) in [6.07, 6.45) is 12.1. The minimum absolute atomic E-state index is 0. The third-order valence-corrected chi connectivity index (χ3v) is 6.12. The summed E-state index contributed by atoms with van der Waals surface area (Å²) in [6.45, 7) is 6.21. The van der Waals surface area contributed by atoms with Crippen LogP contribution in [-0.2, 0) is 9.53 Å². The number of nitrogens with one attached hydrogen (secondary N) is 2. The fourth-order valence-corrected chi connectivity index (χ4v) is 4.58. The standard InChI is InChI=1S/C21H38N4O2.HI/c1-2-22-21(23-13-7-15-27-19-10-5-6-11-19)24-18-12-14-25(16-18)20(26)17-8-3-4-9-17;/h17-19H,2-16H2,1H3,(H2,22,23,24);1H. The summed E-state index contributed by atoms with van der Waals surface area (Å²) >= 11 is 0. The molecule has 3 rings (SSSR count). The van der Waals surface area contributed by atoms with E-state index in [2.05, 4.69) is 22.5 Å². The van der Waals surface area contributed by atoms with Crippen molar-refractivity contribution in [3.63, 3.8) is 0 Å². The van der Waals surface area contributed by atoms with Crippen molar-refractivity contribution in [2.24, 2.45) is 10.9 Å². The number of guanidine groups is 1. The highest BCUT2D eigenvalue weighted by molar-refractivity contribution is 14.0.